The number of aromatic amines is 1. The highest BCUT2D eigenvalue weighted by Crippen LogP contribution is 2.35. The third-order valence-corrected chi connectivity index (χ3v) is 6.23. The highest BCUT2D eigenvalue weighted by atomic mass is 32.2. The van der Waals surface area contributed by atoms with Gasteiger partial charge < -0.3 is 0 Å². The molecule has 2 aromatic heterocycles. The minimum absolute atomic E-state index is 0.111. The molecule has 0 spiro atoms. The molecule has 0 aliphatic carbocycles. The zero-order valence-electron chi connectivity index (χ0n) is 9.83. The first-order valence-electron chi connectivity index (χ1n) is 5.67. The van der Waals surface area contributed by atoms with E-state index in [1.165, 1.54) is 17.3 Å². The second-order valence-corrected chi connectivity index (χ2v) is 7.17. The molecule has 96 valence electrons. The Balaban J connectivity index is 2.00. The van der Waals surface area contributed by atoms with Crippen LogP contribution in [0.1, 0.15) is 23.4 Å². The molecule has 0 fully saturated rings. The first-order valence-corrected chi connectivity index (χ1v) is 7.99. The van der Waals surface area contributed by atoms with Crippen LogP contribution >= 0.6 is 11.3 Å². The van der Waals surface area contributed by atoms with Crippen molar-refractivity contribution >= 4 is 21.4 Å². The summed E-state index contributed by atoms with van der Waals surface area (Å²) in [4.78, 5) is 1.52. The van der Waals surface area contributed by atoms with Crippen molar-refractivity contribution in [3.05, 3.63) is 34.3 Å². The van der Waals surface area contributed by atoms with Gasteiger partial charge in [-0.05, 0) is 30.4 Å². The van der Waals surface area contributed by atoms with E-state index in [0.717, 1.165) is 12.0 Å². The summed E-state index contributed by atoms with van der Waals surface area (Å²) in [5.41, 5.74) is 1.12. The van der Waals surface area contributed by atoms with Crippen molar-refractivity contribution in [1.29, 1.82) is 0 Å². The number of thiophene rings is 1. The largest absolute Gasteiger partial charge is 0.284 e. The molecule has 5 nitrogen and oxygen atoms in total. The van der Waals surface area contributed by atoms with Crippen LogP contribution in [0.3, 0.4) is 0 Å². The van der Waals surface area contributed by atoms with Crippen molar-refractivity contribution in [2.75, 3.05) is 6.54 Å². The molecule has 1 atom stereocenters. The van der Waals surface area contributed by atoms with Crippen LogP contribution in [0.2, 0.25) is 0 Å². The van der Waals surface area contributed by atoms with E-state index in [9.17, 15) is 8.42 Å². The highest BCUT2D eigenvalue weighted by Gasteiger charge is 2.34. The van der Waals surface area contributed by atoms with Gasteiger partial charge in [0.2, 0.25) is 10.0 Å². The van der Waals surface area contributed by atoms with Crippen LogP contribution in [0.15, 0.2) is 28.7 Å². The summed E-state index contributed by atoms with van der Waals surface area (Å²) in [5, 5.41) is 8.29. The van der Waals surface area contributed by atoms with E-state index < -0.39 is 10.0 Å². The Labute approximate surface area is 110 Å². The summed E-state index contributed by atoms with van der Waals surface area (Å²) in [6.45, 7) is 2.46. The molecule has 0 bridgehead atoms. The third-order valence-electron chi connectivity index (χ3n) is 3.30. The predicted molar refractivity (Wildman–Crippen MR) is 68.9 cm³/mol. The lowest BCUT2D eigenvalue weighted by Gasteiger charge is -2.32. The molecular weight excluding hydrogens is 270 g/mol. The van der Waals surface area contributed by atoms with Crippen LogP contribution in [-0.4, -0.2) is 29.5 Å². The number of aromatic nitrogens is 2. The van der Waals surface area contributed by atoms with Crippen LogP contribution in [0.5, 0.6) is 0 Å². The van der Waals surface area contributed by atoms with Crippen LogP contribution in [-0.2, 0) is 16.4 Å². The van der Waals surface area contributed by atoms with Crippen LogP contribution in [0.25, 0.3) is 0 Å². The van der Waals surface area contributed by atoms with Crippen molar-refractivity contribution < 1.29 is 8.42 Å². The third kappa shape index (κ3) is 1.70. The molecule has 2 aromatic rings. The molecule has 3 rings (SSSR count). The number of sulfonamides is 1. The zero-order valence-corrected chi connectivity index (χ0v) is 11.5. The molecule has 18 heavy (non-hydrogen) atoms. The van der Waals surface area contributed by atoms with Gasteiger partial charge in [-0.2, -0.15) is 9.40 Å². The Morgan fingerprint density at radius 1 is 1.56 bits per heavy atom. The van der Waals surface area contributed by atoms with Crippen LogP contribution in [0.4, 0.5) is 0 Å². The second-order valence-electron chi connectivity index (χ2n) is 4.27. The van der Waals surface area contributed by atoms with Gasteiger partial charge in [-0.1, -0.05) is 0 Å². The van der Waals surface area contributed by atoms with E-state index in [0.29, 0.717) is 6.54 Å². The number of H-pyrrole nitrogens is 1. The fraction of sp³-hybridized carbons (Fsp3) is 0.364. The fourth-order valence-electron chi connectivity index (χ4n) is 2.33. The van der Waals surface area contributed by atoms with E-state index in [1.807, 2.05) is 18.4 Å². The second kappa shape index (κ2) is 4.18. The normalized spacial score (nSPS) is 20.8. The molecule has 0 saturated carbocycles. The van der Waals surface area contributed by atoms with Gasteiger partial charge in [0.1, 0.15) is 4.90 Å². The molecule has 0 saturated heterocycles. The molecule has 0 aromatic carbocycles. The van der Waals surface area contributed by atoms with Gasteiger partial charge in [0.15, 0.2) is 0 Å². The lowest BCUT2D eigenvalue weighted by Crippen LogP contribution is -2.38. The van der Waals surface area contributed by atoms with Gasteiger partial charge in [0.25, 0.3) is 0 Å². The van der Waals surface area contributed by atoms with Gasteiger partial charge in [0.05, 0.1) is 6.20 Å². The van der Waals surface area contributed by atoms with Gasteiger partial charge in [-0.15, -0.1) is 11.3 Å². The van der Waals surface area contributed by atoms with Gasteiger partial charge >= 0.3 is 0 Å². The van der Waals surface area contributed by atoms with Crippen molar-refractivity contribution in [3.8, 4) is 0 Å². The monoisotopic (exact) mass is 283 g/mol. The van der Waals surface area contributed by atoms with Crippen molar-refractivity contribution in [1.82, 2.24) is 14.5 Å². The Bertz CT molecular complexity index is 646. The summed E-state index contributed by atoms with van der Waals surface area (Å²) in [7, 11) is -3.44. The quantitative estimate of drug-likeness (QED) is 0.913. The standard InChI is InChI=1S/C11H13N3O2S2/c1-8-10-3-5-17-11(10)2-4-14(8)18(15,16)9-6-12-13-7-9/h3,5-8H,2,4H2,1H3,(H,12,13). The molecule has 1 aliphatic heterocycles. The summed E-state index contributed by atoms with van der Waals surface area (Å²) < 4.78 is 26.5. The van der Waals surface area contributed by atoms with Crippen molar-refractivity contribution in [2.45, 2.75) is 24.3 Å². The average Bonchev–Trinajstić information content (AvgIpc) is 3.00. The number of nitrogens with one attached hydrogen (secondary N) is 1. The topological polar surface area (TPSA) is 66.1 Å². The SMILES string of the molecule is CC1c2ccsc2CCN1S(=O)(=O)c1cn[nH]c1. The number of hydrogen-bond donors (Lipinski definition) is 1. The highest BCUT2D eigenvalue weighted by molar-refractivity contribution is 7.89. The Hall–Kier alpha value is -1.18. The lowest BCUT2D eigenvalue weighted by atomic mass is 10.0. The lowest BCUT2D eigenvalue weighted by molar-refractivity contribution is 0.329. The molecule has 7 heteroatoms. The zero-order chi connectivity index (χ0) is 12.8. The van der Waals surface area contributed by atoms with Gasteiger partial charge in [0, 0.05) is 23.7 Å². The maximum atomic E-state index is 12.5. The fourth-order valence-corrected chi connectivity index (χ4v) is 4.81. The predicted octanol–water partition coefficient (Wildman–Crippen LogP) is 1.78. The summed E-state index contributed by atoms with van der Waals surface area (Å²) in [5.74, 6) is 0. The van der Waals surface area contributed by atoms with Crippen molar-refractivity contribution in [3.63, 3.8) is 0 Å². The van der Waals surface area contributed by atoms with E-state index in [-0.39, 0.29) is 10.9 Å². The first-order chi connectivity index (χ1) is 8.60. The van der Waals surface area contributed by atoms with E-state index in [1.54, 1.807) is 15.6 Å². The maximum absolute atomic E-state index is 12.5. The first kappa shape index (κ1) is 11.9. The summed E-state index contributed by atoms with van der Waals surface area (Å²) in [6.07, 6.45) is 3.56. The molecule has 1 N–H and O–H groups in total. The smallest absolute Gasteiger partial charge is 0.246 e. The van der Waals surface area contributed by atoms with Crippen molar-refractivity contribution in [2.24, 2.45) is 0 Å². The van der Waals surface area contributed by atoms with E-state index >= 15 is 0 Å². The molecular formula is C11H13N3O2S2. The molecule has 0 amide bonds. The van der Waals surface area contributed by atoms with Gasteiger partial charge in [-0.3, -0.25) is 5.10 Å². The number of fused-ring (bicyclic) bond motifs is 1. The molecule has 0 radical (unpaired) electrons. The van der Waals surface area contributed by atoms with E-state index in [4.69, 9.17) is 0 Å². The Kier molecular flexibility index (Phi) is 2.76. The Morgan fingerprint density at radius 3 is 3.11 bits per heavy atom. The number of hydrogen-bond acceptors (Lipinski definition) is 4. The van der Waals surface area contributed by atoms with Gasteiger partial charge in [-0.25, -0.2) is 8.42 Å². The summed E-state index contributed by atoms with van der Waals surface area (Å²) in [6, 6.07) is 1.90. The van der Waals surface area contributed by atoms with E-state index in [2.05, 4.69) is 10.2 Å². The average molecular weight is 283 g/mol. The minimum atomic E-state index is -3.44. The Morgan fingerprint density at radius 2 is 2.39 bits per heavy atom. The number of nitrogens with zero attached hydrogens (tertiary/aromatic N) is 2. The minimum Gasteiger partial charge on any atom is -0.284 e. The van der Waals surface area contributed by atoms with Crippen LogP contribution in [0, 0.1) is 0 Å². The molecule has 3 heterocycles. The van der Waals surface area contributed by atoms with Crippen LogP contribution < -0.4 is 0 Å². The molecule has 1 aliphatic rings. The summed E-state index contributed by atoms with van der Waals surface area (Å²) >= 11 is 1.70. The maximum Gasteiger partial charge on any atom is 0.246 e. The number of rotatable bonds is 2. The molecule has 1 unspecified atom stereocenters.